The van der Waals surface area contributed by atoms with Crippen LogP contribution >= 0.6 is 0 Å². The lowest BCUT2D eigenvalue weighted by atomic mass is 10.2. The second kappa shape index (κ2) is 8.80. The maximum atomic E-state index is 11.2. The third-order valence-electron chi connectivity index (χ3n) is 3.96. The molecule has 0 aliphatic heterocycles. The van der Waals surface area contributed by atoms with E-state index in [1.54, 1.807) is 42.5 Å². The smallest absolute Gasteiger partial charge is 0.294 e. The number of methoxy groups -OCH3 is 1. The molecule has 30 heavy (non-hydrogen) atoms. The fraction of sp³-hybridized carbons (Fsp3) is 0.100. The van der Waals surface area contributed by atoms with Gasteiger partial charge in [-0.2, -0.15) is 18.6 Å². The second-order valence-corrected chi connectivity index (χ2v) is 7.64. The van der Waals surface area contributed by atoms with Crippen LogP contribution < -0.4 is 4.74 Å². The zero-order valence-electron chi connectivity index (χ0n) is 16.1. The van der Waals surface area contributed by atoms with E-state index >= 15 is 0 Å². The lowest BCUT2D eigenvalue weighted by molar-refractivity contribution is 0.416. The van der Waals surface area contributed by atoms with Crippen LogP contribution in [0.2, 0.25) is 0 Å². The number of hydrogen-bond acceptors (Lipinski definition) is 8. The monoisotopic (exact) mass is 426 g/mol. The normalized spacial score (nSPS) is 12.0. The van der Waals surface area contributed by atoms with Gasteiger partial charge >= 0.3 is 0 Å². The van der Waals surface area contributed by atoms with Gasteiger partial charge in [-0.15, -0.1) is 10.2 Å². The third kappa shape index (κ3) is 5.25. The van der Waals surface area contributed by atoms with Gasteiger partial charge in [0.15, 0.2) is 0 Å². The minimum atomic E-state index is -4.32. The number of nitrogens with zero attached hydrogens (tertiary/aromatic N) is 4. The maximum Gasteiger partial charge on any atom is 0.294 e. The Labute approximate surface area is 173 Å². The van der Waals surface area contributed by atoms with Crippen LogP contribution in [-0.4, -0.2) is 25.2 Å². The van der Waals surface area contributed by atoms with Crippen LogP contribution in [0.4, 0.5) is 22.7 Å². The number of rotatable bonds is 6. The van der Waals surface area contributed by atoms with E-state index in [1.165, 1.54) is 25.3 Å². The van der Waals surface area contributed by atoms with Gasteiger partial charge in [-0.25, -0.2) is 0 Å². The Bertz CT molecular complexity index is 1240. The van der Waals surface area contributed by atoms with Gasteiger partial charge in [0.2, 0.25) is 0 Å². The highest BCUT2D eigenvalue weighted by Crippen LogP contribution is 2.35. The van der Waals surface area contributed by atoms with E-state index in [-0.39, 0.29) is 16.3 Å². The number of benzene rings is 3. The molecular formula is C20H18N4O5S. The van der Waals surface area contributed by atoms with Crippen molar-refractivity contribution in [3.63, 3.8) is 0 Å². The Morgan fingerprint density at radius 1 is 0.833 bits per heavy atom. The first-order chi connectivity index (χ1) is 14.3. The van der Waals surface area contributed by atoms with Gasteiger partial charge in [-0.3, -0.25) is 4.55 Å². The van der Waals surface area contributed by atoms with E-state index in [4.69, 9.17) is 9.29 Å². The molecule has 0 unspecified atom stereocenters. The fourth-order valence-electron chi connectivity index (χ4n) is 2.45. The van der Waals surface area contributed by atoms with E-state index < -0.39 is 10.1 Å². The largest absolute Gasteiger partial charge is 0.506 e. The molecule has 0 amide bonds. The predicted molar refractivity (Wildman–Crippen MR) is 110 cm³/mol. The van der Waals surface area contributed by atoms with Crippen molar-refractivity contribution in [2.75, 3.05) is 7.11 Å². The highest BCUT2D eigenvalue weighted by Gasteiger charge is 2.09. The van der Waals surface area contributed by atoms with Crippen LogP contribution in [-0.2, 0) is 10.1 Å². The summed E-state index contributed by atoms with van der Waals surface area (Å²) >= 11 is 0. The van der Waals surface area contributed by atoms with Gasteiger partial charge in [0.1, 0.15) is 22.9 Å². The van der Waals surface area contributed by atoms with E-state index in [9.17, 15) is 13.5 Å². The molecule has 3 aromatic rings. The summed E-state index contributed by atoms with van der Waals surface area (Å²) in [5.41, 5.74) is 2.37. The second-order valence-electron chi connectivity index (χ2n) is 6.22. The van der Waals surface area contributed by atoms with Gasteiger partial charge in [0.25, 0.3) is 10.1 Å². The van der Waals surface area contributed by atoms with Crippen molar-refractivity contribution in [3.8, 4) is 11.5 Å². The summed E-state index contributed by atoms with van der Waals surface area (Å²) in [6, 6.07) is 15.3. The quantitative estimate of drug-likeness (QED) is 0.380. The number of ether oxygens (including phenoxy) is 1. The minimum absolute atomic E-state index is 0.0147. The van der Waals surface area contributed by atoms with Crippen LogP contribution in [0.1, 0.15) is 5.56 Å². The average Bonchev–Trinajstić information content (AvgIpc) is 2.72. The molecule has 0 spiro atoms. The predicted octanol–water partition coefficient (Wildman–Crippen LogP) is 5.79. The van der Waals surface area contributed by atoms with Gasteiger partial charge in [-0.1, -0.05) is 12.1 Å². The number of hydrogen-bond donors (Lipinski definition) is 2. The van der Waals surface area contributed by atoms with E-state index in [1.807, 2.05) is 6.92 Å². The standard InChI is InChI=1S/C20H18N4O5S/c1-13-6-9-19(25)18(10-13)24-23-17-8-7-15(12-20(17)29-2)22-21-14-4-3-5-16(11-14)30(26,27)28/h3-12,25H,1-2H3,(H,26,27,28). The summed E-state index contributed by atoms with van der Waals surface area (Å²) in [7, 11) is -2.85. The zero-order chi connectivity index (χ0) is 21.7. The number of aryl methyl sites for hydroxylation is 1. The molecule has 0 fully saturated rings. The fourth-order valence-corrected chi connectivity index (χ4v) is 2.97. The summed E-state index contributed by atoms with van der Waals surface area (Å²) in [5, 5.41) is 26.1. The Hall–Kier alpha value is -3.63. The molecule has 0 atom stereocenters. The molecule has 0 aromatic heterocycles. The lowest BCUT2D eigenvalue weighted by Crippen LogP contribution is -1.96. The van der Waals surface area contributed by atoms with Crippen LogP contribution in [0.25, 0.3) is 0 Å². The van der Waals surface area contributed by atoms with E-state index in [2.05, 4.69) is 20.5 Å². The van der Waals surface area contributed by atoms with Crippen molar-refractivity contribution >= 4 is 32.9 Å². The molecule has 0 radical (unpaired) electrons. The first kappa shape index (κ1) is 21.1. The van der Waals surface area contributed by atoms with Gasteiger partial charge in [-0.05, 0) is 55.0 Å². The third-order valence-corrected chi connectivity index (χ3v) is 4.81. The Morgan fingerprint density at radius 2 is 1.53 bits per heavy atom. The summed E-state index contributed by atoms with van der Waals surface area (Å²) in [4.78, 5) is -0.272. The van der Waals surface area contributed by atoms with Crippen molar-refractivity contribution in [1.82, 2.24) is 0 Å². The van der Waals surface area contributed by atoms with Crippen molar-refractivity contribution < 1.29 is 22.8 Å². The molecule has 0 saturated carbocycles. The average molecular weight is 426 g/mol. The number of phenols is 1. The van der Waals surface area contributed by atoms with Gasteiger partial charge in [0.05, 0.1) is 23.4 Å². The van der Waals surface area contributed by atoms with Crippen molar-refractivity contribution in [1.29, 1.82) is 0 Å². The SMILES string of the molecule is COc1cc(N=Nc2cccc(S(=O)(=O)O)c2)ccc1N=Nc1cc(C)ccc1O. The molecule has 0 heterocycles. The van der Waals surface area contributed by atoms with Crippen LogP contribution in [0.5, 0.6) is 11.5 Å². The summed E-state index contributed by atoms with van der Waals surface area (Å²) in [6.45, 7) is 1.88. The summed E-state index contributed by atoms with van der Waals surface area (Å²) < 4.78 is 36.9. The van der Waals surface area contributed by atoms with E-state index in [0.29, 0.717) is 22.8 Å². The Balaban J connectivity index is 1.85. The van der Waals surface area contributed by atoms with E-state index in [0.717, 1.165) is 5.56 Å². The number of azo groups is 2. The van der Waals surface area contributed by atoms with Crippen LogP contribution in [0.15, 0.2) is 86.0 Å². The zero-order valence-corrected chi connectivity index (χ0v) is 16.9. The molecule has 0 aliphatic carbocycles. The number of phenolic OH excluding ortho intramolecular Hbond substituents is 1. The van der Waals surface area contributed by atoms with Crippen LogP contribution in [0, 0.1) is 6.92 Å². The van der Waals surface area contributed by atoms with Gasteiger partial charge in [0, 0.05) is 6.07 Å². The minimum Gasteiger partial charge on any atom is -0.506 e. The van der Waals surface area contributed by atoms with Crippen molar-refractivity contribution in [2.45, 2.75) is 11.8 Å². The summed E-state index contributed by atoms with van der Waals surface area (Å²) in [6.07, 6.45) is 0. The molecule has 154 valence electrons. The topological polar surface area (TPSA) is 133 Å². The molecule has 0 aliphatic rings. The Morgan fingerprint density at radius 3 is 2.23 bits per heavy atom. The Kier molecular flexibility index (Phi) is 6.19. The lowest BCUT2D eigenvalue weighted by Gasteiger charge is -2.05. The van der Waals surface area contributed by atoms with Gasteiger partial charge < -0.3 is 9.84 Å². The molecule has 3 rings (SSSR count). The highest BCUT2D eigenvalue weighted by molar-refractivity contribution is 7.85. The molecule has 0 saturated heterocycles. The molecule has 3 aromatic carbocycles. The first-order valence-electron chi connectivity index (χ1n) is 8.65. The van der Waals surface area contributed by atoms with Crippen molar-refractivity contribution in [2.24, 2.45) is 20.5 Å². The number of aromatic hydroxyl groups is 1. The molecule has 10 heteroatoms. The molecule has 0 bridgehead atoms. The molecule has 2 N–H and O–H groups in total. The van der Waals surface area contributed by atoms with Crippen molar-refractivity contribution in [3.05, 3.63) is 66.2 Å². The highest BCUT2D eigenvalue weighted by atomic mass is 32.2. The molecular weight excluding hydrogens is 408 g/mol. The van der Waals surface area contributed by atoms with Crippen LogP contribution in [0.3, 0.4) is 0 Å². The first-order valence-corrected chi connectivity index (χ1v) is 10.1. The summed E-state index contributed by atoms with van der Waals surface area (Å²) in [5.74, 6) is 0.398. The maximum absolute atomic E-state index is 11.2. The molecule has 9 nitrogen and oxygen atoms in total.